The number of hydrogen-bond donors (Lipinski definition) is 4. The number of aromatic nitrogens is 4. The molecule has 0 bridgehead atoms. The summed E-state index contributed by atoms with van der Waals surface area (Å²) < 4.78 is 10.8. The van der Waals surface area contributed by atoms with Gasteiger partial charge in [-0.15, -0.1) is 0 Å². The minimum absolute atomic E-state index is 0.0603. The van der Waals surface area contributed by atoms with Gasteiger partial charge in [0.15, 0.2) is 5.82 Å². The molecule has 0 amide bonds. The number of aliphatic hydroxyl groups is 1. The largest absolute Gasteiger partial charge is 0.497 e. The number of H-pyrrole nitrogens is 1. The van der Waals surface area contributed by atoms with Crippen LogP contribution in [0.4, 0.5) is 11.8 Å². The van der Waals surface area contributed by atoms with E-state index in [1.807, 2.05) is 37.3 Å². The first-order valence-electron chi connectivity index (χ1n) is 12.6. The highest BCUT2D eigenvalue weighted by Crippen LogP contribution is 2.29. The van der Waals surface area contributed by atoms with Crippen LogP contribution in [0.2, 0.25) is 0 Å². The monoisotopic (exact) mass is 518 g/mol. The predicted molar refractivity (Wildman–Crippen MR) is 149 cm³/mol. The zero-order valence-corrected chi connectivity index (χ0v) is 22.2. The predicted octanol–water partition coefficient (Wildman–Crippen LogP) is 4.36. The number of anilines is 2. The van der Waals surface area contributed by atoms with Crippen molar-refractivity contribution in [3.05, 3.63) is 64.7 Å². The summed E-state index contributed by atoms with van der Waals surface area (Å²) in [5.74, 6) is 2.29. The lowest BCUT2D eigenvalue weighted by Crippen LogP contribution is -2.39. The third kappa shape index (κ3) is 6.20. The van der Waals surface area contributed by atoms with E-state index < -0.39 is 5.54 Å². The molecule has 1 atom stereocenters. The van der Waals surface area contributed by atoms with Gasteiger partial charge in [0, 0.05) is 42.2 Å². The normalized spacial score (nSPS) is 12.7. The smallest absolute Gasteiger partial charge is 0.248 e. The van der Waals surface area contributed by atoms with Crippen molar-refractivity contribution in [2.45, 2.75) is 45.2 Å². The van der Waals surface area contributed by atoms with Gasteiger partial charge < -0.3 is 30.2 Å². The Morgan fingerprint density at radius 2 is 1.92 bits per heavy atom. The number of methoxy groups -OCH3 is 2. The fourth-order valence-electron chi connectivity index (χ4n) is 4.17. The Bertz CT molecular complexity index is 1460. The highest BCUT2D eigenvalue weighted by Gasteiger charge is 2.25. The van der Waals surface area contributed by atoms with Gasteiger partial charge in [-0.1, -0.05) is 19.8 Å². The fourth-order valence-corrected chi connectivity index (χ4v) is 4.17. The maximum Gasteiger partial charge on any atom is 0.248 e. The number of aliphatic hydroxyl groups excluding tert-OH is 1. The Hall–Kier alpha value is -4.18. The number of unbranched alkanes of at least 4 members (excludes halogenated alkanes) is 1. The van der Waals surface area contributed by atoms with Gasteiger partial charge in [-0.3, -0.25) is 9.78 Å². The third-order valence-corrected chi connectivity index (χ3v) is 6.43. The first kappa shape index (κ1) is 26.9. The van der Waals surface area contributed by atoms with Crippen molar-refractivity contribution >= 4 is 22.8 Å². The van der Waals surface area contributed by atoms with E-state index in [1.54, 1.807) is 26.6 Å². The highest BCUT2D eigenvalue weighted by atomic mass is 16.5. The maximum atomic E-state index is 11.9. The summed E-state index contributed by atoms with van der Waals surface area (Å²) in [4.78, 5) is 28.6. The Morgan fingerprint density at radius 1 is 1.08 bits per heavy atom. The summed E-state index contributed by atoms with van der Waals surface area (Å²) in [5.41, 5.74) is 2.79. The van der Waals surface area contributed by atoms with Crippen molar-refractivity contribution in [3.63, 3.8) is 0 Å². The van der Waals surface area contributed by atoms with Crippen molar-refractivity contribution in [3.8, 4) is 22.6 Å². The molecule has 4 aromatic rings. The van der Waals surface area contributed by atoms with E-state index in [9.17, 15) is 9.90 Å². The number of rotatable bonds is 12. The molecule has 1 unspecified atom stereocenters. The molecule has 0 radical (unpaired) electrons. The number of hydrogen-bond acceptors (Lipinski definition) is 9. The number of benzene rings is 1. The lowest BCUT2D eigenvalue weighted by atomic mass is 9.96. The van der Waals surface area contributed by atoms with E-state index in [-0.39, 0.29) is 12.2 Å². The van der Waals surface area contributed by atoms with Crippen LogP contribution < -0.4 is 25.7 Å². The number of ether oxygens (including phenoxy) is 2. The van der Waals surface area contributed by atoms with Crippen LogP contribution in [0.1, 0.15) is 38.7 Å². The maximum absolute atomic E-state index is 11.9. The van der Waals surface area contributed by atoms with Crippen LogP contribution >= 0.6 is 0 Å². The molecule has 0 fully saturated rings. The Kier molecular flexibility index (Phi) is 8.42. The SMILES string of the molecule is CCCCC(C)(CO)Nc1nc(NCc2ccc(OC)cc2OC)nc2cc(-c3cc[nH]c(=O)c3)cnc12. The molecule has 0 aliphatic heterocycles. The third-order valence-electron chi connectivity index (χ3n) is 6.43. The van der Waals surface area contributed by atoms with Gasteiger partial charge >= 0.3 is 0 Å². The Balaban J connectivity index is 1.74. The summed E-state index contributed by atoms with van der Waals surface area (Å²) in [5, 5.41) is 16.9. The van der Waals surface area contributed by atoms with Gasteiger partial charge in [-0.05, 0) is 43.2 Å². The molecule has 200 valence electrons. The quantitative estimate of drug-likeness (QED) is 0.216. The molecule has 10 nitrogen and oxygen atoms in total. The van der Waals surface area contributed by atoms with E-state index >= 15 is 0 Å². The van der Waals surface area contributed by atoms with Gasteiger partial charge in [0.1, 0.15) is 17.0 Å². The number of aromatic amines is 1. The average Bonchev–Trinajstić information content (AvgIpc) is 2.94. The number of pyridine rings is 2. The first-order chi connectivity index (χ1) is 18.4. The van der Waals surface area contributed by atoms with Gasteiger partial charge in [0.05, 0.1) is 31.9 Å². The van der Waals surface area contributed by atoms with Crippen LogP contribution in [0.5, 0.6) is 11.5 Å². The molecule has 0 saturated carbocycles. The minimum atomic E-state index is -0.582. The molecule has 1 aromatic carbocycles. The molecule has 0 aliphatic carbocycles. The lowest BCUT2D eigenvalue weighted by molar-refractivity contribution is 0.212. The lowest BCUT2D eigenvalue weighted by Gasteiger charge is -2.29. The van der Waals surface area contributed by atoms with E-state index in [0.717, 1.165) is 36.0 Å². The Labute approximate surface area is 221 Å². The van der Waals surface area contributed by atoms with Crippen LogP contribution in [-0.2, 0) is 6.54 Å². The standard InChI is InChI=1S/C28H34N6O4/c1-5-6-10-28(2,17-35)34-26-25-22(12-20(16-30-25)18-9-11-29-24(36)13-18)32-27(33-26)31-15-19-7-8-21(37-3)14-23(19)38-4/h7-9,11-14,16,35H,5-6,10,15,17H2,1-4H3,(H,29,36)(H2,31,32,33,34). The summed E-state index contributed by atoms with van der Waals surface area (Å²) in [6, 6.07) is 10.8. The van der Waals surface area contributed by atoms with E-state index in [0.29, 0.717) is 40.8 Å². The second-order valence-corrected chi connectivity index (χ2v) is 9.41. The summed E-state index contributed by atoms with van der Waals surface area (Å²) >= 11 is 0. The molecule has 4 N–H and O–H groups in total. The van der Waals surface area contributed by atoms with E-state index in [1.165, 1.54) is 6.07 Å². The van der Waals surface area contributed by atoms with Gasteiger partial charge in [-0.25, -0.2) is 4.98 Å². The van der Waals surface area contributed by atoms with E-state index in [2.05, 4.69) is 27.5 Å². The molecule has 10 heteroatoms. The van der Waals surface area contributed by atoms with Gasteiger partial charge in [-0.2, -0.15) is 4.98 Å². The van der Waals surface area contributed by atoms with Crippen LogP contribution in [0, 0.1) is 0 Å². The van der Waals surface area contributed by atoms with Crippen molar-refractivity contribution in [1.82, 2.24) is 19.9 Å². The zero-order chi connectivity index (χ0) is 27.1. The van der Waals surface area contributed by atoms with Crippen LogP contribution in [0.15, 0.2) is 53.6 Å². The van der Waals surface area contributed by atoms with Crippen LogP contribution in [0.3, 0.4) is 0 Å². The highest BCUT2D eigenvalue weighted by molar-refractivity contribution is 5.89. The molecule has 3 heterocycles. The van der Waals surface area contributed by atoms with Crippen LogP contribution in [-0.4, -0.2) is 51.4 Å². The molecule has 0 saturated heterocycles. The molecule has 38 heavy (non-hydrogen) atoms. The molecule has 4 rings (SSSR count). The second-order valence-electron chi connectivity index (χ2n) is 9.41. The van der Waals surface area contributed by atoms with Gasteiger partial charge in [0.25, 0.3) is 0 Å². The van der Waals surface area contributed by atoms with Crippen molar-refractivity contribution in [2.24, 2.45) is 0 Å². The van der Waals surface area contributed by atoms with Crippen molar-refractivity contribution < 1.29 is 14.6 Å². The molecular weight excluding hydrogens is 484 g/mol. The Morgan fingerprint density at radius 3 is 2.63 bits per heavy atom. The minimum Gasteiger partial charge on any atom is -0.497 e. The fraction of sp³-hybridized carbons (Fsp3) is 0.357. The van der Waals surface area contributed by atoms with E-state index in [4.69, 9.17) is 19.4 Å². The average molecular weight is 519 g/mol. The summed E-state index contributed by atoms with van der Waals surface area (Å²) in [6.45, 7) is 4.43. The second kappa shape index (κ2) is 11.9. The van der Waals surface area contributed by atoms with Gasteiger partial charge in [0.2, 0.25) is 11.5 Å². The number of fused-ring (bicyclic) bond motifs is 1. The first-order valence-corrected chi connectivity index (χ1v) is 12.6. The zero-order valence-electron chi connectivity index (χ0n) is 22.2. The number of nitrogens with zero attached hydrogens (tertiary/aromatic N) is 3. The summed E-state index contributed by atoms with van der Waals surface area (Å²) in [6.07, 6.45) is 6.03. The topological polar surface area (TPSA) is 134 Å². The number of nitrogens with one attached hydrogen (secondary N) is 3. The van der Waals surface area contributed by atoms with Crippen molar-refractivity contribution in [1.29, 1.82) is 0 Å². The summed E-state index contributed by atoms with van der Waals surface area (Å²) in [7, 11) is 3.22. The molecular formula is C28H34N6O4. The molecule has 0 aliphatic rings. The van der Waals surface area contributed by atoms with Crippen LogP contribution in [0.25, 0.3) is 22.2 Å². The molecule has 3 aromatic heterocycles. The molecule has 0 spiro atoms. The van der Waals surface area contributed by atoms with Crippen molar-refractivity contribution in [2.75, 3.05) is 31.5 Å².